The zero-order valence-corrected chi connectivity index (χ0v) is 16.4. The molecule has 4 aromatic rings. The molecule has 0 spiro atoms. The highest BCUT2D eigenvalue weighted by Crippen LogP contribution is 2.28. The zero-order valence-electron chi connectivity index (χ0n) is 14.0. The molecule has 0 saturated heterocycles. The lowest BCUT2D eigenvalue weighted by Crippen LogP contribution is -1.88. The van der Waals surface area contributed by atoms with E-state index in [1.54, 1.807) is 29.8 Å². The van der Waals surface area contributed by atoms with E-state index >= 15 is 0 Å². The Labute approximate surface area is 164 Å². The molecule has 2 heterocycles. The van der Waals surface area contributed by atoms with Gasteiger partial charge >= 0.3 is 0 Å². The average molecular weight is 399 g/mol. The Hall–Kier alpha value is -2.21. The summed E-state index contributed by atoms with van der Waals surface area (Å²) in [6.07, 6.45) is 0.749. The summed E-state index contributed by atoms with van der Waals surface area (Å²) in [4.78, 5) is 9.49. The third-order valence-corrected chi connectivity index (χ3v) is 5.88. The highest BCUT2D eigenvalue weighted by atomic mass is 35.5. The molecule has 0 fully saturated rings. The summed E-state index contributed by atoms with van der Waals surface area (Å²) in [6, 6.07) is 15.7. The molecule has 0 aliphatic heterocycles. The summed E-state index contributed by atoms with van der Waals surface area (Å²) in [7, 11) is 1.67. The van der Waals surface area contributed by atoms with Crippen molar-refractivity contribution in [1.29, 1.82) is 0 Å². The van der Waals surface area contributed by atoms with E-state index in [0.29, 0.717) is 0 Å². The number of methoxy groups -OCH3 is 1. The number of nitrogens with zero attached hydrogens (tertiary/aromatic N) is 2. The van der Waals surface area contributed by atoms with Crippen LogP contribution >= 0.6 is 34.3 Å². The second-order valence-corrected chi connectivity index (χ2v) is 7.99. The summed E-state index contributed by atoms with van der Waals surface area (Å²) >= 11 is 9.27. The van der Waals surface area contributed by atoms with Crippen LogP contribution in [0.15, 0.2) is 59.3 Å². The fourth-order valence-electron chi connectivity index (χ4n) is 2.56. The molecule has 0 N–H and O–H groups in total. The van der Waals surface area contributed by atoms with Gasteiger partial charge in [-0.2, -0.15) is 0 Å². The Balaban J connectivity index is 1.49. The Bertz CT molecular complexity index is 1010. The smallest absolute Gasteiger partial charge is 0.118 e. The van der Waals surface area contributed by atoms with Gasteiger partial charge in [-0.25, -0.2) is 9.97 Å². The molecule has 3 nitrogen and oxygen atoms in total. The number of hydrogen-bond donors (Lipinski definition) is 0. The quantitative estimate of drug-likeness (QED) is 0.402. The van der Waals surface area contributed by atoms with Gasteiger partial charge in [0.05, 0.1) is 24.9 Å². The van der Waals surface area contributed by atoms with Crippen LogP contribution in [0.2, 0.25) is 5.02 Å². The Kier molecular flexibility index (Phi) is 5.02. The van der Waals surface area contributed by atoms with Crippen LogP contribution in [0.25, 0.3) is 22.5 Å². The number of rotatable bonds is 5. The van der Waals surface area contributed by atoms with Crippen molar-refractivity contribution in [2.45, 2.75) is 6.42 Å². The lowest BCUT2D eigenvalue weighted by Gasteiger charge is -2.00. The molecule has 130 valence electrons. The third-order valence-electron chi connectivity index (χ3n) is 3.93. The van der Waals surface area contributed by atoms with Crippen molar-refractivity contribution < 1.29 is 4.74 Å². The van der Waals surface area contributed by atoms with Crippen molar-refractivity contribution in [2.24, 2.45) is 0 Å². The standard InChI is InChI=1S/C20H15ClN2OS2/c1-24-16-8-4-14(5-9-16)18-12-26-20(23-18)10-19-22-17(11-25-19)13-2-6-15(21)7-3-13/h2-9,11-12H,10H2,1H3. The molecular weight excluding hydrogens is 384 g/mol. The van der Waals surface area contributed by atoms with E-state index in [1.807, 2.05) is 48.5 Å². The minimum atomic E-state index is 0.734. The van der Waals surface area contributed by atoms with Gasteiger partial charge in [0.2, 0.25) is 0 Å². The maximum Gasteiger partial charge on any atom is 0.118 e. The normalized spacial score (nSPS) is 10.8. The van der Waals surface area contributed by atoms with Gasteiger partial charge in [-0.15, -0.1) is 22.7 Å². The minimum absolute atomic E-state index is 0.734. The number of halogens is 1. The molecule has 0 aliphatic rings. The fraction of sp³-hybridized carbons (Fsp3) is 0.100. The molecular formula is C20H15ClN2OS2. The van der Waals surface area contributed by atoms with E-state index in [2.05, 4.69) is 10.8 Å². The maximum atomic E-state index is 5.95. The molecule has 6 heteroatoms. The SMILES string of the molecule is COc1ccc(-c2csc(Cc3nc(-c4ccc(Cl)cc4)cs3)n2)cc1. The predicted octanol–water partition coefficient (Wildman–Crippen LogP) is 6.19. The molecule has 26 heavy (non-hydrogen) atoms. The number of aromatic nitrogens is 2. The van der Waals surface area contributed by atoms with Gasteiger partial charge in [-0.3, -0.25) is 0 Å². The van der Waals surface area contributed by atoms with Crippen molar-refractivity contribution in [3.63, 3.8) is 0 Å². The average Bonchev–Trinajstić information content (AvgIpc) is 3.33. The number of hydrogen-bond acceptors (Lipinski definition) is 5. The first-order valence-corrected chi connectivity index (χ1v) is 10.1. The van der Waals surface area contributed by atoms with Gasteiger partial charge in [-0.1, -0.05) is 23.7 Å². The number of thiazole rings is 2. The van der Waals surface area contributed by atoms with Crippen molar-refractivity contribution in [3.8, 4) is 28.3 Å². The maximum absolute atomic E-state index is 5.95. The van der Waals surface area contributed by atoms with E-state index < -0.39 is 0 Å². The van der Waals surface area contributed by atoms with Gasteiger partial charge in [-0.05, 0) is 36.4 Å². The van der Waals surface area contributed by atoms with E-state index in [1.165, 1.54) is 0 Å². The van der Waals surface area contributed by atoms with E-state index in [-0.39, 0.29) is 0 Å². The Morgan fingerprint density at radius 3 is 1.81 bits per heavy atom. The summed E-state index contributed by atoms with van der Waals surface area (Å²) in [5, 5.41) is 7.03. The van der Waals surface area contributed by atoms with Gasteiger partial charge in [0, 0.05) is 26.9 Å². The van der Waals surface area contributed by atoms with E-state index in [0.717, 1.165) is 49.7 Å². The predicted molar refractivity (Wildman–Crippen MR) is 109 cm³/mol. The molecule has 2 aromatic carbocycles. The van der Waals surface area contributed by atoms with Gasteiger partial charge < -0.3 is 4.74 Å². The monoisotopic (exact) mass is 398 g/mol. The zero-order chi connectivity index (χ0) is 17.9. The molecule has 0 saturated carbocycles. The number of ether oxygens (including phenoxy) is 1. The van der Waals surface area contributed by atoms with Crippen molar-refractivity contribution in [3.05, 3.63) is 74.3 Å². The second kappa shape index (κ2) is 7.58. The van der Waals surface area contributed by atoms with E-state index in [4.69, 9.17) is 26.3 Å². The fourth-order valence-corrected chi connectivity index (χ4v) is 4.39. The van der Waals surface area contributed by atoms with Crippen molar-refractivity contribution in [2.75, 3.05) is 7.11 Å². The molecule has 0 amide bonds. The van der Waals surface area contributed by atoms with Crippen LogP contribution in [0.3, 0.4) is 0 Å². The highest BCUT2D eigenvalue weighted by Gasteiger charge is 2.10. The topological polar surface area (TPSA) is 35.0 Å². The third kappa shape index (κ3) is 3.80. The summed E-state index contributed by atoms with van der Waals surface area (Å²) in [5.41, 5.74) is 4.14. The molecule has 2 aromatic heterocycles. The summed E-state index contributed by atoms with van der Waals surface area (Å²) < 4.78 is 5.20. The summed E-state index contributed by atoms with van der Waals surface area (Å²) in [6.45, 7) is 0. The van der Waals surface area contributed by atoms with Crippen LogP contribution in [-0.2, 0) is 6.42 Å². The summed E-state index contributed by atoms with van der Waals surface area (Å²) in [5.74, 6) is 0.849. The molecule has 0 atom stereocenters. The lowest BCUT2D eigenvalue weighted by atomic mass is 10.2. The largest absolute Gasteiger partial charge is 0.497 e. The Morgan fingerprint density at radius 1 is 0.808 bits per heavy atom. The van der Waals surface area contributed by atoms with Crippen molar-refractivity contribution >= 4 is 34.3 Å². The van der Waals surface area contributed by atoms with Gasteiger partial charge in [0.1, 0.15) is 15.8 Å². The molecule has 0 aliphatic carbocycles. The van der Waals surface area contributed by atoms with Gasteiger partial charge in [0.15, 0.2) is 0 Å². The molecule has 4 rings (SSSR count). The van der Waals surface area contributed by atoms with Crippen LogP contribution in [0.1, 0.15) is 10.0 Å². The number of benzene rings is 2. The van der Waals surface area contributed by atoms with Crippen LogP contribution in [0.5, 0.6) is 5.75 Å². The van der Waals surface area contributed by atoms with Crippen molar-refractivity contribution in [1.82, 2.24) is 9.97 Å². The van der Waals surface area contributed by atoms with Gasteiger partial charge in [0.25, 0.3) is 0 Å². The first kappa shape index (κ1) is 17.2. The lowest BCUT2D eigenvalue weighted by molar-refractivity contribution is 0.415. The van der Waals surface area contributed by atoms with Crippen LogP contribution in [-0.4, -0.2) is 17.1 Å². The second-order valence-electron chi connectivity index (χ2n) is 5.67. The van der Waals surface area contributed by atoms with Crippen LogP contribution in [0, 0.1) is 0 Å². The first-order chi connectivity index (χ1) is 12.7. The van der Waals surface area contributed by atoms with Crippen LogP contribution in [0.4, 0.5) is 0 Å². The Morgan fingerprint density at radius 2 is 1.31 bits per heavy atom. The first-order valence-electron chi connectivity index (χ1n) is 8.00. The minimum Gasteiger partial charge on any atom is -0.497 e. The van der Waals surface area contributed by atoms with Crippen LogP contribution < -0.4 is 4.74 Å². The van der Waals surface area contributed by atoms with E-state index in [9.17, 15) is 0 Å². The molecule has 0 unspecified atom stereocenters. The molecule has 0 bridgehead atoms. The highest BCUT2D eigenvalue weighted by molar-refractivity contribution is 7.11. The molecule has 0 radical (unpaired) electrons.